The summed E-state index contributed by atoms with van der Waals surface area (Å²) in [7, 11) is -4.10. The lowest BCUT2D eigenvalue weighted by Gasteiger charge is -2.09. The second-order valence-electron chi connectivity index (χ2n) is 4.70. The van der Waals surface area contributed by atoms with Crippen LogP contribution >= 0.6 is 11.6 Å². The number of hydrazine groups is 1. The molecule has 24 heavy (non-hydrogen) atoms. The first-order chi connectivity index (χ1) is 11.4. The van der Waals surface area contributed by atoms with Crippen LogP contribution in [0.2, 0.25) is 5.02 Å². The Labute approximate surface area is 141 Å². The molecule has 0 saturated heterocycles. The van der Waals surface area contributed by atoms with E-state index in [9.17, 15) is 17.6 Å². The summed E-state index contributed by atoms with van der Waals surface area (Å²) in [4.78, 5) is 13.6. The number of amides is 1. The van der Waals surface area contributed by atoms with Crippen LogP contribution in [0.3, 0.4) is 0 Å². The molecule has 2 aromatic rings. The van der Waals surface area contributed by atoms with Gasteiger partial charge in [0.1, 0.15) is 5.82 Å². The van der Waals surface area contributed by atoms with Gasteiger partial charge in [-0.15, -0.1) is 4.83 Å². The number of carbonyl (C=O) groups is 1. The molecular weight excluding hydrogens is 363 g/mol. The third-order valence-electron chi connectivity index (χ3n) is 3.14. The quantitative estimate of drug-likeness (QED) is 0.799. The first kappa shape index (κ1) is 16.5. The highest BCUT2D eigenvalue weighted by atomic mass is 35.5. The number of hydrogen-bond donors (Lipinski definition) is 2. The zero-order valence-corrected chi connectivity index (χ0v) is 13.4. The molecule has 0 saturated carbocycles. The van der Waals surface area contributed by atoms with E-state index in [-0.39, 0.29) is 22.3 Å². The Morgan fingerprint density at radius 2 is 1.88 bits per heavy atom. The summed E-state index contributed by atoms with van der Waals surface area (Å²) in [6.45, 7) is 0.0539. The average molecular weight is 373 g/mol. The summed E-state index contributed by atoms with van der Waals surface area (Å²) in [5.41, 5.74) is 2.22. The summed E-state index contributed by atoms with van der Waals surface area (Å²) < 4.78 is 47.5. The molecule has 0 bridgehead atoms. The number of ether oxygens (including phenoxy) is 2. The van der Waals surface area contributed by atoms with E-state index < -0.39 is 21.7 Å². The molecule has 0 atom stereocenters. The Hall–Kier alpha value is -2.36. The van der Waals surface area contributed by atoms with Crippen LogP contribution in [0.5, 0.6) is 11.5 Å². The van der Waals surface area contributed by atoms with Gasteiger partial charge in [0.05, 0.1) is 9.92 Å². The third kappa shape index (κ3) is 3.28. The third-order valence-corrected chi connectivity index (χ3v) is 4.67. The Morgan fingerprint density at radius 1 is 1.12 bits per heavy atom. The monoisotopic (exact) mass is 372 g/mol. The van der Waals surface area contributed by atoms with Crippen molar-refractivity contribution in [3.8, 4) is 11.5 Å². The lowest BCUT2D eigenvalue weighted by molar-refractivity contribution is 0.0944. The van der Waals surface area contributed by atoms with Gasteiger partial charge < -0.3 is 9.47 Å². The van der Waals surface area contributed by atoms with E-state index in [2.05, 4.69) is 5.43 Å². The van der Waals surface area contributed by atoms with Crippen molar-refractivity contribution in [2.45, 2.75) is 4.90 Å². The van der Waals surface area contributed by atoms with Crippen LogP contribution in [0.15, 0.2) is 41.3 Å². The molecule has 0 fully saturated rings. The smallest absolute Gasteiger partial charge is 0.266 e. The number of fused-ring (bicyclic) bond motifs is 1. The second-order valence-corrected chi connectivity index (χ2v) is 6.79. The minimum atomic E-state index is -4.10. The zero-order chi connectivity index (χ0) is 17.3. The fourth-order valence-electron chi connectivity index (χ4n) is 1.93. The van der Waals surface area contributed by atoms with Gasteiger partial charge in [-0.25, -0.2) is 12.8 Å². The summed E-state index contributed by atoms with van der Waals surface area (Å²) in [6, 6.07) is 7.27. The fourth-order valence-corrected chi connectivity index (χ4v) is 3.04. The maximum absolute atomic E-state index is 13.1. The minimum Gasteiger partial charge on any atom is -0.454 e. The predicted molar refractivity (Wildman–Crippen MR) is 81.8 cm³/mol. The molecule has 0 radical (unpaired) electrons. The minimum absolute atomic E-state index is 0.0539. The molecular formula is C14H10ClFN2O5S. The molecule has 2 N–H and O–H groups in total. The second kappa shape index (κ2) is 6.27. The molecule has 0 spiro atoms. The number of carbonyl (C=O) groups excluding carboxylic acids is 1. The topological polar surface area (TPSA) is 93.7 Å². The average Bonchev–Trinajstić information content (AvgIpc) is 3.02. The van der Waals surface area contributed by atoms with Gasteiger partial charge in [-0.1, -0.05) is 11.6 Å². The van der Waals surface area contributed by atoms with E-state index in [1.807, 2.05) is 4.83 Å². The molecule has 0 unspecified atom stereocenters. The standard InChI is InChI=1S/C14H10ClFN2O5S/c15-10-6-9(2-3-11(10)16)24(20,21)18-17-14(19)8-1-4-12-13(5-8)23-7-22-12/h1-6,18H,7H2,(H,17,19). The van der Waals surface area contributed by atoms with E-state index in [1.165, 1.54) is 18.2 Å². The van der Waals surface area contributed by atoms with Crippen molar-refractivity contribution in [2.24, 2.45) is 0 Å². The van der Waals surface area contributed by atoms with E-state index >= 15 is 0 Å². The summed E-state index contributed by atoms with van der Waals surface area (Å²) in [5.74, 6) is -0.575. The number of halogens is 2. The van der Waals surface area contributed by atoms with Crippen molar-refractivity contribution < 1.29 is 27.1 Å². The molecule has 0 aromatic heterocycles. The number of nitrogens with one attached hydrogen (secondary N) is 2. The first-order valence-electron chi connectivity index (χ1n) is 6.54. The first-order valence-corrected chi connectivity index (χ1v) is 8.40. The number of benzene rings is 2. The molecule has 1 aliphatic rings. The fraction of sp³-hybridized carbons (Fsp3) is 0.0714. The number of sulfonamides is 1. The molecule has 0 aliphatic carbocycles. The van der Waals surface area contributed by atoms with Gasteiger partial charge in [-0.3, -0.25) is 10.2 Å². The molecule has 1 aliphatic heterocycles. The van der Waals surface area contributed by atoms with Crippen LogP contribution in [-0.2, 0) is 10.0 Å². The maximum Gasteiger partial charge on any atom is 0.266 e. The highest BCUT2D eigenvalue weighted by molar-refractivity contribution is 7.89. The van der Waals surface area contributed by atoms with Crippen molar-refractivity contribution in [2.75, 3.05) is 6.79 Å². The molecule has 1 amide bonds. The van der Waals surface area contributed by atoms with Crippen LogP contribution in [-0.4, -0.2) is 21.1 Å². The molecule has 2 aromatic carbocycles. The van der Waals surface area contributed by atoms with Gasteiger partial charge in [-0.05, 0) is 36.4 Å². The van der Waals surface area contributed by atoms with Gasteiger partial charge >= 0.3 is 0 Å². The Balaban J connectivity index is 1.72. The van der Waals surface area contributed by atoms with Gasteiger partial charge in [0, 0.05) is 5.56 Å². The van der Waals surface area contributed by atoms with Crippen LogP contribution < -0.4 is 19.7 Å². The number of hydrogen-bond acceptors (Lipinski definition) is 5. The molecule has 3 rings (SSSR count). The molecule has 7 nitrogen and oxygen atoms in total. The van der Waals surface area contributed by atoms with Crippen LogP contribution in [0.1, 0.15) is 10.4 Å². The van der Waals surface area contributed by atoms with E-state index in [4.69, 9.17) is 21.1 Å². The van der Waals surface area contributed by atoms with Crippen molar-refractivity contribution in [3.63, 3.8) is 0 Å². The SMILES string of the molecule is O=C(NNS(=O)(=O)c1ccc(F)c(Cl)c1)c1ccc2c(c1)OCO2. The highest BCUT2D eigenvalue weighted by Gasteiger charge is 2.19. The summed E-state index contributed by atoms with van der Waals surface area (Å²) >= 11 is 5.55. The Kier molecular flexibility index (Phi) is 4.31. The highest BCUT2D eigenvalue weighted by Crippen LogP contribution is 2.32. The van der Waals surface area contributed by atoms with Crippen molar-refractivity contribution >= 4 is 27.5 Å². The van der Waals surface area contributed by atoms with Crippen molar-refractivity contribution in [1.82, 2.24) is 10.3 Å². The maximum atomic E-state index is 13.1. The number of rotatable bonds is 4. The lowest BCUT2D eigenvalue weighted by atomic mass is 10.2. The largest absolute Gasteiger partial charge is 0.454 e. The van der Waals surface area contributed by atoms with Gasteiger partial charge in [0.2, 0.25) is 6.79 Å². The lowest BCUT2D eigenvalue weighted by Crippen LogP contribution is -2.41. The Morgan fingerprint density at radius 3 is 2.62 bits per heavy atom. The molecule has 126 valence electrons. The summed E-state index contributed by atoms with van der Waals surface area (Å²) in [6.07, 6.45) is 0. The normalized spacial score (nSPS) is 12.9. The van der Waals surface area contributed by atoms with Gasteiger partial charge in [-0.2, -0.15) is 0 Å². The Bertz CT molecular complexity index is 919. The van der Waals surface area contributed by atoms with E-state index in [1.54, 1.807) is 0 Å². The molecule has 10 heteroatoms. The zero-order valence-electron chi connectivity index (χ0n) is 11.9. The van der Waals surface area contributed by atoms with Crippen LogP contribution in [0.25, 0.3) is 0 Å². The van der Waals surface area contributed by atoms with Gasteiger partial charge in [0.15, 0.2) is 11.5 Å². The van der Waals surface area contributed by atoms with Crippen molar-refractivity contribution in [1.29, 1.82) is 0 Å². The van der Waals surface area contributed by atoms with Gasteiger partial charge in [0.25, 0.3) is 15.9 Å². The van der Waals surface area contributed by atoms with E-state index in [0.29, 0.717) is 11.5 Å². The van der Waals surface area contributed by atoms with E-state index in [0.717, 1.165) is 18.2 Å². The van der Waals surface area contributed by atoms with Crippen LogP contribution in [0.4, 0.5) is 4.39 Å². The van der Waals surface area contributed by atoms with Crippen LogP contribution in [0, 0.1) is 5.82 Å². The molecule has 1 heterocycles. The predicted octanol–water partition coefficient (Wildman–Crippen LogP) is 1.83. The summed E-state index contributed by atoms with van der Waals surface area (Å²) in [5, 5.41) is -0.347. The van der Waals surface area contributed by atoms with Crippen molar-refractivity contribution in [3.05, 3.63) is 52.8 Å².